The summed E-state index contributed by atoms with van der Waals surface area (Å²) in [4.78, 5) is 26.7. The fourth-order valence-corrected chi connectivity index (χ4v) is 4.24. The monoisotopic (exact) mass is 394 g/mol. The van der Waals surface area contributed by atoms with Gasteiger partial charge in [-0.3, -0.25) is 19.5 Å². The molecule has 1 aliphatic carbocycles. The van der Waals surface area contributed by atoms with Crippen LogP contribution in [0.3, 0.4) is 0 Å². The Hall–Kier alpha value is -3.36. The average Bonchev–Trinajstić information content (AvgIpc) is 3.39. The van der Waals surface area contributed by atoms with Crippen molar-refractivity contribution >= 4 is 34.4 Å². The van der Waals surface area contributed by atoms with Gasteiger partial charge in [-0.2, -0.15) is 10.2 Å². The molecule has 0 unspecified atom stereocenters. The molecule has 1 fully saturated rings. The van der Waals surface area contributed by atoms with Crippen molar-refractivity contribution in [2.24, 2.45) is 13.0 Å². The topological polar surface area (TPSA) is 105 Å². The van der Waals surface area contributed by atoms with Crippen molar-refractivity contribution in [1.29, 1.82) is 0 Å². The first-order chi connectivity index (χ1) is 14.0. The third-order valence-corrected chi connectivity index (χ3v) is 5.75. The first kappa shape index (κ1) is 17.7. The van der Waals surface area contributed by atoms with Crippen LogP contribution in [0.2, 0.25) is 0 Å². The number of carbonyl (C=O) groups is 2. The lowest BCUT2D eigenvalue weighted by molar-refractivity contribution is 0.102. The van der Waals surface area contributed by atoms with Crippen LogP contribution in [0.5, 0.6) is 0 Å². The molecule has 1 saturated heterocycles. The van der Waals surface area contributed by atoms with Gasteiger partial charge in [0.15, 0.2) is 11.5 Å². The Morgan fingerprint density at radius 2 is 2.24 bits per heavy atom. The van der Waals surface area contributed by atoms with Crippen molar-refractivity contribution < 1.29 is 14.3 Å². The predicted molar refractivity (Wildman–Crippen MR) is 107 cm³/mol. The molecule has 2 aliphatic rings. The molecule has 2 N–H and O–H groups in total. The second-order valence-electron chi connectivity index (χ2n) is 7.74. The molecular formula is C20H22N6O3. The van der Waals surface area contributed by atoms with E-state index < -0.39 is 6.09 Å². The maximum absolute atomic E-state index is 13.1. The highest BCUT2D eigenvalue weighted by Gasteiger charge is 2.29. The number of aryl methyl sites for hydroxylation is 2. The lowest BCUT2D eigenvalue weighted by Gasteiger charge is -2.18. The number of amides is 2. The smallest absolute Gasteiger partial charge is 0.414 e. The van der Waals surface area contributed by atoms with Crippen molar-refractivity contribution in [2.45, 2.75) is 26.2 Å². The standard InChI is InChI=1S/C20H22N6O3/c1-11-6-7-13-12(10-11)17(23-22-13)19(27)21-18-16-14(25(2)24-18)4-3-5-15(16)26-8-9-29-20(26)28/h3-5,11H,6-10H2,1-2H3,(H,22,23)(H,21,24,27)/t11-/m0/s1. The zero-order valence-electron chi connectivity index (χ0n) is 16.4. The number of aromatic amines is 1. The summed E-state index contributed by atoms with van der Waals surface area (Å²) in [6, 6.07) is 5.60. The molecule has 0 bridgehead atoms. The fraction of sp³-hybridized carbons (Fsp3) is 0.400. The third-order valence-electron chi connectivity index (χ3n) is 5.75. The first-order valence-corrected chi connectivity index (χ1v) is 9.80. The molecule has 1 aliphatic heterocycles. The van der Waals surface area contributed by atoms with E-state index in [9.17, 15) is 9.59 Å². The molecule has 0 saturated carbocycles. The van der Waals surface area contributed by atoms with Gasteiger partial charge >= 0.3 is 6.09 Å². The summed E-state index contributed by atoms with van der Waals surface area (Å²) in [5.41, 5.74) is 3.94. The maximum Gasteiger partial charge on any atom is 0.414 e. The Bertz CT molecular complexity index is 1130. The molecule has 5 rings (SSSR count). The zero-order chi connectivity index (χ0) is 20.1. The number of aromatic nitrogens is 4. The number of nitrogens with one attached hydrogen (secondary N) is 2. The van der Waals surface area contributed by atoms with Crippen LogP contribution in [0.1, 0.15) is 35.1 Å². The molecule has 9 heteroatoms. The van der Waals surface area contributed by atoms with Crippen molar-refractivity contribution in [3.05, 3.63) is 35.2 Å². The van der Waals surface area contributed by atoms with Crippen LogP contribution in [-0.4, -0.2) is 45.1 Å². The number of cyclic esters (lactones) is 1. The van der Waals surface area contributed by atoms with Crippen LogP contribution in [0.4, 0.5) is 16.3 Å². The van der Waals surface area contributed by atoms with Crippen molar-refractivity contribution in [1.82, 2.24) is 20.0 Å². The van der Waals surface area contributed by atoms with Crippen molar-refractivity contribution in [3.8, 4) is 0 Å². The lowest BCUT2D eigenvalue weighted by atomic mass is 9.87. The van der Waals surface area contributed by atoms with Gasteiger partial charge in [0.2, 0.25) is 0 Å². The van der Waals surface area contributed by atoms with E-state index in [2.05, 4.69) is 27.5 Å². The molecular weight excluding hydrogens is 372 g/mol. The molecule has 1 atom stereocenters. The average molecular weight is 394 g/mol. The summed E-state index contributed by atoms with van der Waals surface area (Å²) in [5, 5.41) is 15.4. The summed E-state index contributed by atoms with van der Waals surface area (Å²) < 4.78 is 6.78. The highest BCUT2D eigenvalue weighted by molar-refractivity contribution is 6.12. The van der Waals surface area contributed by atoms with Gasteiger partial charge in [-0.15, -0.1) is 0 Å². The zero-order valence-corrected chi connectivity index (χ0v) is 16.4. The van der Waals surface area contributed by atoms with E-state index in [4.69, 9.17) is 4.74 Å². The summed E-state index contributed by atoms with van der Waals surface area (Å²) in [6.45, 7) is 2.99. The number of fused-ring (bicyclic) bond motifs is 2. The van der Waals surface area contributed by atoms with E-state index in [1.54, 1.807) is 9.58 Å². The lowest BCUT2D eigenvalue weighted by Crippen LogP contribution is -2.24. The number of hydrogen-bond donors (Lipinski definition) is 2. The molecule has 1 aromatic carbocycles. The highest BCUT2D eigenvalue weighted by Crippen LogP contribution is 2.34. The number of H-pyrrole nitrogens is 1. The van der Waals surface area contributed by atoms with E-state index in [-0.39, 0.29) is 5.91 Å². The van der Waals surface area contributed by atoms with Crippen LogP contribution in [-0.2, 0) is 24.6 Å². The van der Waals surface area contributed by atoms with E-state index in [1.807, 2.05) is 25.2 Å². The summed E-state index contributed by atoms with van der Waals surface area (Å²) in [5.74, 6) is 0.633. The molecule has 0 radical (unpaired) electrons. The Morgan fingerprint density at radius 1 is 1.38 bits per heavy atom. The van der Waals surface area contributed by atoms with Gasteiger partial charge in [-0.1, -0.05) is 13.0 Å². The maximum atomic E-state index is 13.1. The molecule has 9 nitrogen and oxygen atoms in total. The number of carbonyl (C=O) groups excluding carboxylic acids is 2. The number of rotatable bonds is 3. The van der Waals surface area contributed by atoms with Crippen LogP contribution in [0, 0.1) is 5.92 Å². The number of anilines is 2. The number of ether oxygens (including phenoxy) is 1. The van der Waals surface area contributed by atoms with Crippen LogP contribution < -0.4 is 10.2 Å². The highest BCUT2D eigenvalue weighted by atomic mass is 16.6. The quantitative estimate of drug-likeness (QED) is 0.710. The largest absolute Gasteiger partial charge is 0.447 e. The molecule has 3 heterocycles. The van der Waals surface area contributed by atoms with Crippen LogP contribution in [0.15, 0.2) is 18.2 Å². The van der Waals surface area contributed by atoms with Gasteiger partial charge in [-0.05, 0) is 37.3 Å². The Morgan fingerprint density at radius 3 is 3.03 bits per heavy atom. The number of hydrogen-bond acceptors (Lipinski definition) is 5. The minimum atomic E-state index is -0.394. The third kappa shape index (κ3) is 2.84. The van der Waals surface area contributed by atoms with E-state index in [0.29, 0.717) is 41.7 Å². The van der Waals surface area contributed by atoms with Gasteiger partial charge in [0.05, 0.1) is 23.1 Å². The SMILES string of the molecule is C[C@H]1CCc2[nH]nc(C(=O)Nc3nn(C)c4cccc(N5CCOC5=O)c34)c2C1. The Balaban J connectivity index is 1.54. The van der Waals surface area contributed by atoms with Gasteiger partial charge < -0.3 is 10.1 Å². The molecule has 2 amide bonds. The van der Waals surface area contributed by atoms with Gasteiger partial charge in [-0.25, -0.2) is 4.79 Å². The minimum absolute atomic E-state index is 0.296. The van der Waals surface area contributed by atoms with Gasteiger partial charge in [0.1, 0.15) is 6.61 Å². The molecule has 150 valence electrons. The fourth-order valence-electron chi connectivity index (χ4n) is 4.24. The van der Waals surface area contributed by atoms with E-state index in [0.717, 1.165) is 36.0 Å². The van der Waals surface area contributed by atoms with Crippen LogP contribution in [0.25, 0.3) is 10.9 Å². The normalized spacial score (nSPS) is 18.8. The molecule has 3 aromatic rings. The minimum Gasteiger partial charge on any atom is -0.447 e. The first-order valence-electron chi connectivity index (χ1n) is 9.80. The Labute approximate surface area is 167 Å². The second kappa shape index (κ2) is 6.61. The van der Waals surface area contributed by atoms with Gasteiger partial charge in [0, 0.05) is 18.3 Å². The second-order valence-corrected chi connectivity index (χ2v) is 7.74. The van der Waals surface area contributed by atoms with Crippen molar-refractivity contribution in [3.63, 3.8) is 0 Å². The molecule has 29 heavy (non-hydrogen) atoms. The summed E-state index contributed by atoms with van der Waals surface area (Å²) in [6.07, 6.45) is 2.44. The summed E-state index contributed by atoms with van der Waals surface area (Å²) >= 11 is 0. The number of benzene rings is 1. The van der Waals surface area contributed by atoms with E-state index in [1.165, 1.54) is 0 Å². The Kier molecular flexibility index (Phi) is 4.04. The number of nitrogens with zero attached hydrogens (tertiary/aromatic N) is 4. The predicted octanol–water partition coefficient (Wildman–Crippen LogP) is 2.63. The van der Waals surface area contributed by atoms with Crippen LogP contribution >= 0.6 is 0 Å². The molecule has 0 spiro atoms. The van der Waals surface area contributed by atoms with Gasteiger partial charge in [0.25, 0.3) is 5.91 Å². The van der Waals surface area contributed by atoms with Crippen molar-refractivity contribution in [2.75, 3.05) is 23.4 Å². The van der Waals surface area contributed by atoms with E-state index >= 15 is 0 Å². The molecule has 2 aromatic heterocycles. The summed E-state index contributed by atoms with van der Waals surface area (Å²) in [7, 11) is 1.81.